The molecule has 1 aromatic heterocycles. The molecule has 2 heterocycles. The minimum absolute atomic E-state index is 0.0723. The molecule has 152 valence electrons. The van der Waals surface area contributed by atoms with Crippen molar-refractivity contribution in [3.8, 4) is 11.5 Å². The lowest BCUT2D eigenvalue weighted by atomic mass is 10.1. The van der Waals surface area contributed by atoms with Gasteiger partial charge in [0.25, 0.3) is 5.91 Å². The van der Waals surface area contributed by atoms with E-state index in [1.807, 2.05) is 24.8 Å². The topological polar surface area (TPSA) is 55.2 Å². The van der Waals surface area contributed by atoms with Crippen molar-refractivity contribution in [1.82, 2.24) is 9.80 Å². The Morgan fingerprint density at radius 2 is 1.82 bits per heavy atom. The number of hydrogen-bond acceptors (Lipinski definition) is 5. The van der Waals surface area contributed by atoms with Crippen molar-refractivity contribution in [2.24, 2.45) is 0 Å². The third-order valence-corrected chi connectivity index (χ3v) is 5.36. The van der Waals surface area contributed by atoms with E-state index in [9.17, 15) is 4.79 Å². The summed E-state index contributed by atoms with van der Waals surface area (Å²) in [5.41, 5.74) is 3.00. The van der Waals surface area contributed by atoms with E-state index in [0.717, 1.165) is 55.1 Å². The lowest BCUT2D eigenvalue weighted by molar-refractivity contribution is 0.0772. The van der Waals surface area contributed by atoms with Crippen molar-refractivity contribution in [1.29, 1.82) is 0 Å². The number of fused-ring (bicyclic) bond motifs is 1. The third kappa shape index (κ3) is 4.33. The summed E-state index contributed by atoms with van der Waals surface area (Å²) in [6.45, 7) is 7.29. The highest BCUT2D eigenvalue weighted by molar-refractivity contribution is 5.99. The summed E-state index contributed by atoms with van der Waals surface area (Å²) in [6.07, 6.45) is 1.92. The molecule has 1 aromatic carbocycles. The van der Waals surface area contributed by atoms with Gasteiger partial charge < -0.3 is 23.7 Å². The molecule has 6 nitrogen and oxygen atoms in total. The van der Waals surface area contributed by atoms with Gasteiger partial charge in [0.15, 0.2) is 11.5 Å². The van der Waals surface area contributed by atoms with Crippen LogP contribution in [-0.2, 0) is 13.0 Å². The summed E-state index contributed by atoms with van der Waals surface area (Å²) in [6, 6.07) is 5.82. The zero-order valence-electron chi connectivity index (χ0n) is 17.5. The maximum atomic E-state index is 12.7. The number of amides is 1. The molecule has 0 N–H and O–H groups in total. The molecule has 2 aromatic rings. The van der Waals surface area contributed by atoms with Crippen LogP contribution in [0.1, 0.15) is 39.4 Å². The Labute approximate surface area is 167 Å². The molecule has 0 atom stereocenters. The van der Waals surface area contributed by atoms with E-state index in [4.69, 9.17) is 13.9 Å². The number of nitrogens with zero attached hydrogens (tertiary/aromatic N) is 2. The zero-order valence-corrected chi connectivity index (χ0v) is 17.5. The first-order chi connectivity index (χ1) is 13.4. The SMILES string of the molecule is COc1cc2c(cc1OC)C(=O)N(CCCN(C)CCc1cc(C)oc1C)C2. The normalized spacial score (nSPS) is 13.4. The van der Waals surface area contributed by atoms with Gasteiger partial charge in [-0.25, -0.2) is 0 Å². The molecule has 1 aliphatic rings. The van der Waals surface area contributed by atoms with E-state index in [1.54, 1.807) is 20.3 Å². The highest BCUT2D eigenvalue weighted by Crippen LogP contribution is 2.34. The summed E-state index contributed by atoms with van der Waals surface area (Å²) in [5.74, 6) is 3.32. The average molecular weight is 386 g/mol. The quantitative estimate of drug-likeness (QED) is 0.661. The van der Waals surface area contributed by atoms with Gasteiger partial charge >= 0.3 is 0 Å². The fourth-order valence-electron chi connectivity index (χ4n) is 3.77. The van der Waals surface area contributed by atoms with Crippen molar-refractivity contribution in [2.45, 2.75) is 33.2 Å². The number of aryl methyl sites for hydroxylation is 2. The number of likely N-dealkylation sites (N-methyl/N-ethyl adjacent to an activating group) is 1. The molecule has 28 heavy (non-hydrogen) atoms. The van der Waals surface area contributed by atoms with Crippen LogP contribution in [0.2, 0.25) is 0 Å². The van der Waals surface area contributed by atoms with E-state index in [1.165, 1.54) is 5.56 Å². The Balaban J connectivity index is 1.48. The standard InChI is InChI=1S/C22H30N2O4/c1-15-11-17(16(2)28-15)7-10-23(3)8-6-9-24-14-18-12-20(26-4)21(27-5)13-19(18)22(24)25/h11-13H,6-10,14H2,1-5H3. The molecule has 0 spiro atoms. The second kappa shape index (κ2) is 8.69. The van der Waals surface area contributed by atoms with Crippen LogP contribution in [0, 0.1) is 13.8 Å². The Bertz CT molecular complexity index is 843. The number of methoxy groups -OCH3 is 2. The molecule has 0 aliphatic carbocycles. The van der Waals surface area contributed by atoms with Crippen LogP contribution in [0.4, 0.5) is 0 Å². The van der Waals surface area contributed by atoms with Gasteiger partial charge in [-0.15, -0.1) is 0 Å². The predicted molar refractivity (Wildman–Crippen MR) is 108 cm³/mol. The summed E-state index contributed by atoms with van der Waals surface area (Å²) < 4.78 is 16.3. The van der Waals surface area contributed by atoms with Crippen LogP contribution in [0.5, 0.6) is 11.5 Å². The van der Waals surface area contributed by atoms with Crippen LogP contribution in [-0.4, -0.2) is 56.6 Å². The number of benzene rings is 1. The summed E-state index contributed by atoms with van der Waals surface area (Å²) >= 11 is 0. The number of carbonyl (C=O) groups excluding carboxylic acids is 1. The Hall–Kier alpha value is -2.47. The third-order valence-electron chi connectivity index (χ3n) is 5.36. The molecule has 0 unspecified atom stereocenters. The maximum absolute atomic E-state index is 12.7. The average Bonchev–Trinajstić information content (AvgIpc) is 3.16. The van der Waals surface area contributed by atoms with Gasteiger partial charge in [-0.2, -0.15) is 0 Å². The molecule has 0 fully saturated rings. The number of carbonyl (C=O) groups is 1. The number of ether oxygens (including phenoxy) is 2. The van der Waals surface area contributed by atoms with Crippen molar-refractivity contribution in [3.05, 3.63) is 46.4 Å². The molecule has 6 heteroatoms. The van der Waals surface area contributed by atoms with Gasteiger partial charge in [0.05, 0.1) is 14.2 Å². The minimum Gasteiger partial charge on any atom is -0.493 e. The molecule has 0 radical (unpaired) electrons. The van der Waals surface area contributed by atoms with Crippen LogP contribution in [0.3, 0.4) is 0 Å². The van der Waals surface area contributed by atoms with Gasteiger partial charge in [-0.1, -0.05) is 0 Å². The van der Waals surface area contributed by atoms with E-state index < -0.39 is 0 Å². The first kappa shape index (κ1) is 20.3. The Morgan fingerprint density at radius 3 is 2.46 bits per heavy atom. The molecule has 1 amide bonds. The van der Waals surface area contributed by atoms with Crippen molar-refractivity contribution < 1.29 is 18.7 Å². The molecule has 1 aliphatic heterocycles. The molecular weight excluding hydrogens is 356 g/mol. The second-order valence-corrected chi connectivity index (χ2v) is 7.44. The van der Waals surface area contributed by atoms with E-state index in [-0.39, 0.29) is 5.91 Å². The summed E-state index contributed by atoms with van der Waals surface area (Å²) in [7, 11) is 5.32. The Morgan fingerprint density at radius 1 is 1.11 bits per heavy atom. The predicted octanol–water partition coefficient (Wildman–Crippen LogP) is 3.43. The molecule has 0 saturated heterocycles. The van der Waals surface area contributed by atoms with Gasteiger partial charge in [0.1, 0.15) is 11.5 Å². The molecule has 3 rings (SSSR count). The van der Waals surface area contributed by atoms with E-state index in [0.29, 0.717) is 18.0 Å². The van der Waals surface area contributed by atoms with Crippen LogP contribution in [0.15, 0.2) is 22.6 Å². The van der Waals surface area contributed by atoms with Gasteiger partial charge in [0, 0.05) is 25.2 Å². The lowest BCUT2D eigenvalue weighted by Gasteiger charge is -2.20. The van der Waals surface area contributed by atoms with E-state index in [2.05, 4.69) is 18.0 Å². The Kier molecular flexibility index (Phi) is 6.29. The first-order valence-electron chi connectivity index (χ1n) is 9.71. The first-order valence-corrected chi connectivity index (χ1v) is 9.71. The van der Waals surface area contributed by atoms with Gasteiger partial charge in [-0.05, 0) is 69.6 Å². The van der Waals surface area contributed by atoms with Crippen LogP contribution >= 0.6 is 0 Å². The number of rotatable bonds is 9. The van der Waals surface area contributed by atoms with Crippen LogP contribution in [0.25, 0.3) is 0 Å². The van der Waals surface area contributed by atoms with Crippen molar-refractivity contribution in [3.63, 3.8) is 0 Å². The van der Waals surface area contributed by atoms with Gasteiger partial charge in [-0.3, -0.25) is 4.79 Å². The highest BCUT2D eigenvalue weighted by Gasteiger charge is 2.29. The zero-order chi connectivity index (χ0) is 20.3. The van der Waals surface area contributed by atoms with Crippen LogP contribution < -0.4 is 9.47 Å². The molecule has 0 saturated carbocycles. The highest BCUT2D eigenvalue weighted by atomic mass is 16.5. The lowest BCUT2D eigenvalue weighted by Crippen LogP contribution is -2.29. The molecular formula is C22H30N2O4. The van der Waals surface area contributed by atoms with Crippen molar-refractivity contribution in [2.75, 3.05) is 40.9 Å². The molecule has 0 bridgehead atoms. The minimum atomic E-state index is 0.0723. The maximum Gasteiger partial charge on any atom is 0.254 e. The fraction of sp³-hybridized carbons (Fsp3) is 0.500. The number of furan rings is 1. The van der Waals surface area contributed by atoms with Crippen molar-refractivity contribution >= 4 is 5.91 Å². The fourth-order valence-corrected chi connectivity index (χ4v) is 3.77. The second-order valence-electron chi connectivity index (χ2n) is 7.44. The monoisotopic (exact) mass is 386 g/mol. The largest absolute Gasteiger partial charge is 0.493 e. The summed E-state index contributed by atoms with van der Waals surface area (Å²) in [4.78, 5) is 16.9. The van der Waals surface area contributed by atoms with E-state index >= 15 is 0 Å². The van der Waals surface area contributed by atoms with Gasteiger partial charge in [0.2, 0.25) is 0 Å². The number of hydrogen-bond donors (Lipinski definition) is 0. The smallest absolute Gasteiger partial charge is 0.254 e. The summed E-state index contributed by atoms with van der Waals surface area (Å²) in [5, 5.41) is 0.